The number of benzene rings is 1. The van der Waals surface area contributed by atoms with Crippen LogP contribution in [0.1, 0.15) is 84.0 Å². The van der Waals surface area contributed by atoms with E-state index in [0.717, 1.165) is 61.1 Å². The van der Waals surface area contributed by atoms with Gasteiger partial charge in [-0.15, -0.1) is 0 Å². The Bertz CT molecular complexity index is 1150. The van der Waals surface area contributed by atoms with E-state index >= 15 is 0 Å². The third-order valence-corrected chi connectivity index (χ3v) is 7.09. The Kier molecular flexibility index (Phi) is 7.98. The van der Waals surface area contributed by atoms with Crippen molar-refractivity contribution in [3.05, 3.63) is 58.1 Å². The number of anilines is 1. The van der Waals surface area contributed by atoms with Crippen molar-refractivity contribution in [1.29, 1.82) is 0 Å². The summed E-state index contributed by atoms with van der Waals surface area (Å²) in [7, 11) is 0. The Morgan fingerprint density at radius 2 is 1.77 bits per heavy atom. The van der Waals surface area contributed by atoms with Gasteiger partial charge in [0, 0.05) is 25.0 Å². The van der Waals surface area contributed by atoms with Crippen molar-refractivity contribution < 1.29 is 0 Å². The van der Waals surface area contributed by atoms with E-state index in [0.29, 0.717) is 6.04 Å². The first kappa shape index (κ1) is 25.5. The first-order valence-electron chi connectivity index (χ1n) is 13.7. The third-order valence-electron chi connectivity index (χ3n) is 7.09. The number of aromatic nitrogens is 2. The van der Waals surface area contributed by atoms with E-state index in [1.54, 1.807) is 0 Å². The summed E-state index contributed by atoms with van der Waals surface area (Å²) in [6.45, 7) is 15.5. The fourth-order valence-corrected chi connectivity index (χ4v) is 4.71. The average Bonchev–Trinajstić information content (AvgIpc) is 3.68. The fourth-order valence-electron chi connectivity index (χ4n) is 4.71. The lowest BCUT2D eigenvalue weighted by molar-refractivity contribution is 0.402. The molecule has 1 fully saturated rings. The lowest BCUT2D eigenvalue weighted by Crippen LogP contribution is -2.43. The van der Waals surface area contributed by atoms with E-state index in [-0.39, 0.29) is 5.41 Å². The zero-order valence-corrected chi connectivity index (χ0v) is 22.7. The van der Waals surface area contributed by atoms with Crippen LogP contribution in [0.2, 0.25) is 0 Å². The van der Waals surface area contributed by atoms with E-state index in [4.69, 9.17) is 9.97 Å². The van der Waals surface area contributed by atoms with Gasteiger partial charge in [0.05, 0.1) is 28.6 Å². The van der Waals surface area contributed by atoms with Gasteiger partial charge in [-0.3, -0.25) is 4.98 Å². The topological polar surface area (TPSA) is 41.1 Å². The van der Waals surface area contributed by atoms with Gasteiger partial charge in [0.2, 0.25) is 0 Å². The van der Waals surface area contributed by atoms with Crippen LogP contribution in [0.25, 0.3) is 17.7 Å². The quantitative estimate of drug-likeness (QED) is 0.514. The lowest BCUT2D eigenvalue weighted by atomic mass is 9.97. The highest BCUT2D eigenvalue weighted by Crippen LogP contribution is 2.34. The predicted molar refractivity (Wildman–Crippen MR) is 150 cm³/mol. The van der Waals surface area contributed by atoms with Gasteiger partial charge in [0.15, 0.2) is 0 Å². The second kappa shape index (κ2) is 11.0. The molecule has 2 aliphatic rings. The van der Waals surface area contributed by atoms with Crippen molar-refractivity contribution in [3.63, 3.8) is 0 Å². The maximum atomic E-state index is 5.10. The first-order valence-corrected chi connectivity index (χ1v) is 13.7. The van der Waals surface area contributed by atoms with Gasteiger partial charge in [0.1, 0.15) is 0 Å². The van der Waals surface area contributed by atoms with Crippen LogP contribution in [0.3, 0.4) is 0 Å². The molecule has 0 amide bonds. The van der Waals surface area contributed by atoms with E-state index < -0.39 is 0 Å². The van der Waals surface area contributed by atoms with Gasteiger partial charge in [-0.2, -0.15) is 0 Å². The van der Waals surface area contributed by atoms with Crippen LogP contribution in [0.5, 0.6) is 0 Å². The van der Waals surface area contributed by atoms with E-state index in [1.807, 2.05) is 6.20 Å². The second-order valence-corrected chi connectivity index (χ2v) is 11.5. The van der Waals surface area contributed by atoms with Crippen LogP contribution in [0.15, 0.2) is 30.6 Å². The van der Waals surface area contributed by atoms with Gasteiger partial charge in [-0.1, -0.05) is 53.7 Å². The highest BCUT2D eigenvalue weighted by atomic mass is 15.2. The van der Waals surface area contributed by atoms with Crippen LogP contribution in [-0.2, 0) is 12.8 Å². The molecular weight excluding hydrogens is 428 g/mol. The van der Waals surface area contributed by atoms with Crippen molar-refractivity contribution in [2.45, 2.75) is 86.1 Å². The Morgan fingerprint density at radius 3 is 2.37 bits per heavy atom. The zero-order valence-electron chi connectivity index (χ0n) is 22.7. The average molecular weight is 473 g/mol. The molecule has 1 N–H and O–H groups in total. The maximum absolute atomic E-state index is 5.10. The minimum Gasteiger partial charge on any atom is -0.390 e. The van der Waals surface area contributed by atoms with Crippen molar-refractivity contribution in [2.75, 3.05) is 18.0 Å². The molecule has 0 radical (unpaired) electrons. The molecular formula is C31H44N4. The van der Waals surface area contributed by atoms with E-state index in [9.17, 15) is 0 Å². The molecule has 0 bridgehead atoms. The minimum atomic E-state index is 0.241. The van der Waals surface area contributed by atoms with Crippen LogP contribution in [0.4, 0.5) is 5.69 Å². The number of aryl methyl sites for hydroxylation is 2. The molecule has 4 nitrogen and oxygen atoms in total. The molecule has 4 heteroatoms. The van der Waals surface area contributed by atoms with Crippen molar-refractivity contribution in [2.24, 2.45) is 11.3 Å². The lowest BCUT2D eigenvalue weighted by Gasteiger charge is -2.33. The minimum absolute atomic E-state index is 0.241. The molecule has 35 heavy (non-hydrogen) atoms. The summed E-state index contributed by atoms with van der Waals surface area (Å²) < 4.78 is 0. The van der Waals surface area contributed by atoms with Crippen molar-refractivity contribution in [1.82, 2.24) is 15.3 Å². The molecule has 0 aliphatic heterocycles. The second-order valence-electron chi connectivity index (χ2n) is 11.5. The summed E-state index contributed by atoms with van der Waals surface area (Å²) in [4.78, 5) is 12.6. The number of hydrogen-bond acceptors (Lipinski definition) is 4. The molecule has 2 aliphatic carbocycles. The van der Waals surface area contributed by atoms with Crippen LogP contribution >= 0.6 is 0 Å². The van der Waals surface area contributed by atoms with Gasteiger partial charge in [0.25, 0.3) is 0 Å². The van der Waals surface area contributed by atoms with Gasteiger partial charge >= 0.3 is 0 Å². The number of fused-ring (bicyclic) bond motifs is 1. The van der Waals surface area contributed by atoms with Gasteiger partial charge < -0.3 is 10.2 Å². The Labute approximate surface area is 212 Å². The predicted octanol–water partition coefficient (Wildman–Crippen LogP) is 5.24. The Morgan fingerprint density at radius 1 is 1.06 bits per heavy atom. The van der Waals surface area contributed by atoms with Gasteiger partial charge in [-0.05, 0) is 84.8 Å². The highest BCUT2D eigenvalue weighted by molar-refractivity contribution is 5.62. The van der Waals surface area contributed by atoms with Crippen LogP contribution < -0.4 is 20.9 Å². The maximum Gasteiger partial charge on any atom is 0.0871 e. The molecule has 1 heterocycles. The summed E-state index contributed by atoms with van der Waals surface area (Å²) in [5.41, 5.74) is 6.66. The molecule has 1 unspecified atom stereocenters. The molecule has 1 atom stereocenters. The number of hydrogen-bond donors (Lipinski definition) is 1. The number of allylic oxidation sites excluding steroid dienone is 1. The number of nitrogens with zero attached hydrogens (tertiary/aromatic N) is 3. The Hall–Kier alpha value is -2.62. The summed E-state index contributed by atoms with van der Waals surface area (Å²) in [5.74, 6) is 0.820. The summed E-state index contributed by atoms with van der Waals surface area (Å²) in [6, 6.07) is 7.50. The van der Waals surface area contributed by atoms with Gasteiger partial charge in [-0.25, -0.2) is 4.98 Å². The van der Waals surface area contributed by atoms with E-state index in [1.165, 1.54) is 35.2 Å². The van der Waals surface area contributed by atoms with Crippen molar-refractivity contribution in [3.8, 4) is 0 Å². The smallest absolute Gasteiger partial charge is 0.0871 e. The SMILES string of the molecule is CC/C(=C\NCC(C)(C)C)c1cnc2c(n1)=CC(N(CC1CC1)c1cc(CC)cc(CC)c1)CC=2. The molecule has 0 spiro atoms. The third kappa shape index (κ3) is 6.74. The van der Waals surface area contributed by atoms with E-state index in [2.05, 4.69) is 88.3 Å². The highest BCUT2D eigenvalue weighted by Gasteiger charge is 2.28. The molecule has 1 saturated carbocycles. The monoisotopic (exact) mass is 472 g/mol. The summed E-state index contributed by atoms with van der Waals surface area (Å²) in [6.07, 6.45) is 15.5. The fraction of sp³-hybridized carbons (Fsp3) is 0.548. The van der Waals surface area contributed by atoms with Crippen LogP contribution in [-0.4, -0.2) is 29.1 Å². The number of nitrogens with one attached hydrogen (secondary N) is 1. The molecule has 0 saturated heterocycles. The molecule has 188 valence electrons. The summed E-state index contributed by atoms with van der Waals surface area (Å²) in [5, 5.41) is 5.54. The normalized spacial score (nSPS) is 17.9. The Balaban J connectivity index is 1.66. The standard InChI is InChI=1S/C31H44N4/c1-7-22-14-23(8-2)16-27(15-22)35(20-24-10-11-24)26-12-13-28-29(17-26)34-30(19-33-28)25(9-3)18-32-21-31(4,5)6/h13-19,24,26,32H,7-12,20-21H2,1-6H3/b25-18+. The largest absolute Gasteiger partial charge is 0.390 e. The molecule has 1 aromatic heterocycles. The number of rotatable bonds is 10. The molecule has 4 rings (SSSR count). The van der Waals surface area contributed by atoms with Crippen LogP contribution in [0, 0.1) is 11.3 Å². The van der Waals surface area contributed by atoms with Crippen molar-refractivity contribution >= 4 is 23.4 Å². The zero-order chi connectivity index (χ0) is 25.0. The first-order chi connectivity index (χ1) is 16.8. The molecule has 2 aromatic rings. The molecule has 1 aromatic carbocycles. The summed E-state index contributed by atoms with van der Waals surface area (Å²) >= 11 is 0.